The molecule has 0 atom stereocenters. The maximum Gasteiger partial charge on any atom is 0.324 e. The van der Waals surface area contributed by atoms with E-state index in [-0.39, 0.29) is 6.03 Å². The normalized spacial score (nSPS) is 15.8. The Morgan fingerprint density at radius 3 is 2.69 bits per heavy atom. The van der Waals surface area contributed by atoms with Gasteiger partial charge in [0.1, 0.15) is 5.75 Å². The minimum Gasteiger partial charge on any atom is -0.495 e. The van der Waals surface area contributed by atoms with Crippen LogP contribution < -0.4 is 9.64 Å². The van der Waals surface area contributed by atoms with Crippen LogP contribution in [0.15, 0.2) is 22.7 Å². The Morgan fingerprint density at radius 1 is 1.38 bits per heavy atom. The third kappa shape index (κ3) is 1.87. The van der Waals surface area contributed by atoms with Crippen molar-refractivity contribution in [1.29, 1.82) is 0 Å². The van der Waals surface area contributed by atoms with E-state index in [4.69, 9.17) is 4.74 Å². The van der Waals surface area contributed by atoms with E-state index in [1.807, 2.05) is 18.2 Å². The number of hydrogen-bond acceptors (Lipinski definition) is 2. The maximum absolute atomic E-state index is 11.8. The second-order valence-electron chi connectivity index (χ2n) is 3.67. The molecule has 4 nitrogen and oxygen atoms in total. The summed E-state index contributed by atoms with van der Waals surface area (Å²) in [6, 6.07) is 5.69. The van der Waals surface area contributed by atoms with E-state index in [1.54, 1.807) is 24.0 Å². The van der Waals surface area contributed by atoms with Crippen molar-refractivity contribution in [2.45, 2.75) is 0 Å². The van der Waals surface area contributed by atoms with Crippen LogP contribution in [-0.4, -0.2) is 38.2 Å². The van der Waals surface area contributed by atoms with Crippen LogP contribution in [0.1, 0.15) is 0 Å². The number of hydrogen-bond donors (Lipinski definition) is 0. The molecule has 86 valence electrons. The van der Waals surface area contributed by atoms with Gasteiger partial charge in [-0.2, -0.15) is 0 Å². The van der Waals surface area contributed by atoms with Crippen LogP contribution in [0.5, 0.6) is 5.75 Å². The van der Waals surface area contributed by atoms with Crippen molar-refractivity contribution in [2.24, 2.45) is 0 Å². The Labute approximate surface area is 103 Å². The summed E-state index contributed by atoms with van der Waals surface area (Å²) >= 11 is 3.39. The van der Waals surface area contributed by atoms with Crippen LogP contribution in [0.3, 0.4) is 0 Å². The zero-order valence-corrected chi connectivity index (χ0v) is 10.8. The molecule has 0 unspecified atom stereocenters. The Hall–Kier alpha value is -1.23. The number of urea groups is 1. The Morgan fingerprint density at radius 2 is 2.12 bits per heavy atom. The average molecular weight is 285 g/mol. The molecule has 1 fully saturated rings. The Bertz CT molecular complexity index is 422. The van der Waals surface area contributed by atoms with Gasteiger partial charge in [-0.3, -0.25) is 4.90 Å². The van der Waals surface area contributed by atoms with Gasteiger partial charge in [0, 0.05) is 31.9 Å². The molecule has 0 aromatic heterocycles. The van der Waals surface area contributed by atoms with Crippen LogP contribution in [0.4, 0.5) is 10.5 Å². The number of nitrogens with zero attached hydrogens (tertiary/aromatic N) is 2. The number of benzene rings is 1. The minimum atomic E-state index is 0.0318. The molecule has 0 aliphatic carbocycles. The summed E-state index contributed by atoms with van der Waals surface area (Å²) in [6.07, 6.45) is 0. The van der Waals surface area contributed by atoms with Gasteiger partial charge < -0.3 is 9.64 Å². The lowest BCUT2D eigenvalue weighted by Crippen LogP contribution is -2.29. The van der Waals surface area contributed by atoms with Gasteiger partial charge >= 0.3 is 6.03 Å². The zero-order valence-electron chi connectivity index (χ0n) is 9.24. The molecular formula is C11H13BrN2O2. The monoisotopic (exact) mass is 284 g/mol. The highest BCUT2D eigenvalue weighted by Gasteiger charge is 2.26. The summed E-state index contributed by atoms with van der Waals surface area (Å²) in [5.41, 5.74) is 0.870. The summed E-state index contributed by atoms with van der Waals surface area (Å²) in [5.74, 6) is 0.736. The van der Waals surface area contributed by atoms with Crippen molar-refractivity contribution in [2.75, 3.05) is 32.1 Å². The SMILES string of the molecule is COc1cc(N2CCN(C)C2=O)ccc1Br. The Kier molecular flexibility index (Phi) is 3.05. The van der Waals surface area contributed by atoms with E-state index in [0.29, 0.717) is 0 Å². The van der Waals surface area contributed by atoms with E-state index in [9.17, 15) is 4.79 Å². The van der Waals surface area contributed by atoms with Gasteiger partial charge in [-0.15, -0.1) is 0 Å². The second kappa shape index (κ2) is 4.33. The predicted octanol–water partition coefficient (Wildman–Crippen LogP) is 2.33. The van der Waals surface area contributed by atoms with Crippen LogP contribution in [-0.2, 0) is 0 Å². The van der Waals surface area contributed by atoms with E-state index < -0.39 is 0 Å². The number of carbonyl (C=O) groups is 1. The molecule has 1 aliphatic rings. The summed E-state index contributed by atoms with van der Waals surface area (Å²) in [5, 5.41) is 0. The number of likely N-dealkylation sites (N-methyl/N-ethyl adjacent to an activating group) is 1. The van der Waals surface area contributed by atoms with E-state index in [2.05, 4.69) is 15.9 Å². The highest BCUT2D eigenvalue weighted by Crippen LogP contribution is 2.30. The van der Waals surface area contributed by atoms with Crippen molar-refractivity contribution in [3.63, 3.8) is 0 Å². The average Bonchev–Trinajstić information content (AvgIpc) is 2.61. The molecule has 0 N–H and O–H groups in total. The smallest absolute Gasteiger partial charge is 0.324 e. The van der Waals surface area contributed by atoms with E-state index >= 15 is 0 Å². The number of carbonyl (C=O) groups excluding carboxylic acids is 1. The van der Waals surface area contributed by atoms with Crippen molar-refractivity contribution in [3.05, 3.63) is 22.7 Å². The second-order valence-corrected chi connectivity index (χ2v) is 4.53. The molecule has 1 heterocycles. The third-order valence-corrected chi connectivity index (χ3v) is 3.32. The van der Waals surface area contributed by atoms with Gasteiger partial charge in [0.25, 0.3) is 0 Å². The number of methoxy groups -OCH3 is 1. The molecule has 1 aromatic rings. The van der Waals surface area contributed by atoms with Crippen molar-refractivity contribution < 1.29 is 9.53 Å². The highest BCUT2D eigenvalue weighted by molar-refractivity contribution is 9.10. The standard InChI is InChI=1S/C11H13BrN2O2/c1-13-5-6-14(11(13)15)8-3-4-9(12)10(7-8)16-2/h3-4,7H,5-6H2,1-2H3. The molecule has 0 radical (unpaired) electrons. The summed E-state index contributed by atoms with van der Waals surface area (Å²) < 4.78 is 6.10. The molecule has 1 aromatic carbocycles. The van der Waals surface area contributed by atoms with Gasteiger partial charge in [-0.1, -0.05) is 0 Å². The van der Waals surface area contributed by atoms with Gasteiger partial charge in [0.2, 0.25) is 0 Å². The molecular weight excluding hydrogens is 272 g/mol. The lowest BCUT2D eigenvalue weighted by molar-refractivity contribution is 0.229. The summed E-state index contributed by atoms with van der Waals surface area (Å²) in [4.78, 5) is 15.2. The number of ether oxygens (including phenoxy) is 1. The van der Waals surface area contributed by atoms with Crippen molar-refractivity contribution in [1.82, 2.24) is 4.90 Å². The van der Waals surface area contributed by atoms with Crippen LogP contribution >= 0.6 is 15.9 Å². The Balaban J connectivity index is 2.31. The number of anilines is 1. The fraction of sp³-hybridized carbons (Fsp3) is 0.364. The zero-order chi connectivity index (χ0) is 11.7. The van der Waals surface area contributed by atoms with Crippen LogP contribution in [0.25, 0.3) is 0 Å². The fourth-order valence-corrected chi connectivity index (χ4v) is 2.11. The first-order valence-corrected chi connectivity index (χ1v) is 5.79. The number of rotatable bonds is 2. The molecule has 0 saturated carbocycles. The molecule has 2 rings (SSSR count). The highest BCUT2D eigenvalue weighted by atomic mass is 79.9. The van der Waals surface area contributed by atoms with E-state index in [1.165, 1.54) is 0 Å². The molecule has 1 saturated heterocycles. The molecule has 5 heteroatoms. The molecule has 0 bridgehead atoms. The fourth-order valence-electron chi connectivity index (χ4n) is 1.70. The largest absolute Gasteiger partial charge is 0.495 e. The van der Waals surface area contributed by atoms with Crippen molar-refractivity contribution >= 4 is 27.6 Å². The first-order valence-electron chi connectivity index (χ1n) is 4.99. The molecule has 0 spiro atoms. The third-order valence-electron chi connectivity index (χ3n) is 2.66. The lowest BCUT2D eigenvalue weighted by Gasteiger charge is -2.17. The van der Waals surface area contributed by atoms with Crippen LogP contribution in [0.2, 0.25) is 0 Å². The van der Waals surface area contributed by atoms with Gasteiger partial charge in [-0.05, 0) is 28.1 Å². The number of halogens is 1. The molecule has 16 heavy (non-hydrogen) atoms. The topological polar surface area (TPSA) is 32.8 Å². The molecule has 1 aliphatic heterocycles. The predicted molar refractivity (Wildman–Crippen MR) is 66.1 cm³/mol. The maximum atomic E-state index is 11.8. The summed E-state index contributed by atoms with van der Waals surface area (Å²) in [6.45, 7) is 1.48. The van der Waals surface area contributed by atoms with Gasteiger partial charge in [0.15, 0.2) is 0 Å². The first-order chi connectivity index (χ1) is 7.63. The van der Waals surface area contributed by atoms with Gasteiger partial charge in [-0.25, -0.2) is 4.79 Å². The quantitative estimate of drug-likeness (QED) is 0.835. The minimum absolute atomic E-state index is 0.0318. The first kappa shape index (κ1) is 11.3. The van der Waals surface area contributed by atoms with E-state index in [0.717, 1.165) is 29.0 Å². The molecule has 2 amide bonds. The van der Waals surface area contributed by atoms with Gasteiger partial charge in [0.05, 0.1) is 11.6 Å². The van der Waals surface area contributed by atoms with Crippen molar-refractivity contribution in [3.8, 4) is 5.75 Å². The van der Waals surface area contributed by atoms with Crippen LogP contribution in [0, 0.1) is 0 Å². The number of amides is 2. The lowest BCUT2D eigenvalue weighted by atomic mass is 10.3. The summed E-state index contributed by atoms with van der Waals surface area (Å²) in [7, 11) is 3.42.